The standard InChI is InChI=1S/C16H24N4O/c1-12(21)20-11-5-8-14(20)15-16(18-10-9-17-15)19-13-6-3-2-4-7-13/h9-10,13-14H,2-8,11H2,1H3,(H,18,19)/t14-/m1/s1. The second-order valence-electron chi connectivity index (χ2n) is 6.14. The van der Waals surface area contributed by atoms with Crippen molar-refractivity contribution in [2.24, 2.45) is 0 Å². The summed E-state index contributed by atoms with van der Waals surface area (Å²) in [4.78, 5) is 22.8. The molecule has 5 heteroatoms. The van der Waals surface area contributed by atoms with Crippen LogP contribution in [0.5, 0.6) is 0 Å². The molecule has 1 aliphatic heterocycles. The lowest BCUT2D eigenvalue weighted by Crippen LogP contribution is -2.30. The molecule has 0 unspecified atom stereocenters. The molecule has 0 bridgehead atoms. The molecule has 0 radical (unpaired) electrons. The van der Waals surface area contributed by atoms with Gasteiger partial charge in [0.25, 0.3) is 0 Å². The zero-order valence-electron chi connectivity index (χ0n) is 12.7. The highest BCUT2D eigenvalue weighted by Crippen LogP contribution is 2.34. The molecule has 2 heterocycles. The summed E-state index contributed by atoms with van der Waals surface area (Å²) >= 11 is 0. The van der Waals surface area contributed by atoms with Crippen LogP contribution in [0.15, 0.2) is 12.4 Å². The molecule has 1 saturated carbocycles. The van der Waals surface area contributed by atoms with E-state index in [9.17, 15) is 4.79 Å². The van der Waals surface area contributed by atoms with Gasteiger partial charge in [0.15, 0.2) is 0 Å². The fraction of sp³-hybridized carbons (Fsp3) is 0.688. The van der Waals surface area contributed by atoms with E-state index in [-0.39, 0.29) is 11.9 Å². The van der Waals surface area contributed by atoms with Gasteiger partial charge in [0.2, 0.25) is 5.91 Å². The second kappa shape index (κ2) is 6.41. The number of anilines is 1. The van der Waals surface area contributed by atoms with Gasteiger partial charge >= 0.3 is 0 Å². The Morgan fingerprint density at radius 3 is 2.67 bits per heavy atom. The molecule has 114 valence electrons. The SMILES string of the molecule is CC(=O)N1CCC[C@@H]1c1nccnc1NC1CCCCC1. The van der Waals surface area contributed by atoms with Gasteiger partial charge in [-0.1, -0.05) is 19.3 Å². The highest BCUT2D eigenvalue weighted by molar-refractivity contribution is 5.74. The van der Waals surface area contributed by atoms with Crippen LogP contribution in [0.1, 0.15) is 63.6 Å². The van der Waals surface area contributed by atoms with Crippen molar-refractivity contribution in [3.8, 4) is 0 Å². The average molecular weight is 288 g/mol. The summed E-state index contributed by atoms with van der Waals surface area (Å²) < 4.78 is 0. The minimum atomic E-state index is 0.0855. The molecule has 1 aromatic heterocycles. The molecule has 21 heavy (non-hydrogen) atoms. The number of amides is 1. The summed E-state index contributed by atoms with van der Waals surface area (Å²) in [5.41, 5.74) is 0.941. The van der Waals surface area contributed by atoms with E-state index in [0.29, 0.717) is 6.04 Å². The second-order valence-corrected chi connectivity index (χ2v) is 6.14. The molecule has 5 nitrogen and oxygen atoms in total. The predicted octanol–water partition coefficient (Wildman–Crippen LogP) is 2.90. The maximum Gasteiger partial charge on any atom is 0.220 e. The summed E-state index contributed by atoms with van der Waals surface area (Å²) in [6.07, 6.45) is 11.8. The number of likely N-dealkylation sites (tertiary alicyclic amines) is 1. The highest BCUT2D eigenvalue weighted by atomic mass is 16.2. The minimum Gasteiger partial charge on any atom is -0.366 e. The van der Waals surface area contributed by atoms with Gasteiger partial charge in [0.1, 0.15) is 11.5 Å². The summed E-state index contributed by atoms with van der Waals surface area (Å²) in [6.45, 7) is 2.47. The first-order chi connectivity index (χ1) is 10.3. The van der Waals surface area contributed by atoms with E-state index in [1.807, 2.05) is 4.90 Å². The summed E-state index contributed by atoms with van der Waals surface area (Å²) in [5, 5.41) is 3.57. The highest BCUT2D eigenvalue weighted by Gasteiger charge is 2.31. The lowest BCUT2D eigenvalue weighted by atomic mass is 9.95. The lowest BCUT2D eigenvalue weighted by Gasteiger charge is -2.27. The zero-order chi connectivity index (χ0) is 14.7. The van der Waals surface area contributed by atoms with E-state index in [4.69, 9.17) is 0 Å². The van der Waals surface area contributed by atoms with Gasteiger partial charge in [0.05, 0.1) is 6.04 Å². The van der Waals surface area contributed by atoms with Crippen LogP contribution in [0.2, 0.25) is 0 Å². The summed E-state index contributed by atoms with van der Waals surface area (Å²) in [7, 11) is 0. The van der Waals surface area contributed by atoms with Crippen molar-refractivity contribution in [1.82, 2.24) is 14.9 Å². The molecular weight excluding hydrogens is 264 g/mol. The van der Waals surface area contributed by atoms with Crippen molar-refractivity contribution < 1.29 is 4.79 Å². The van der Waals surface area contributed by atoms with Crippen molar-refractivity contribution in [1.29, 1.82) is 0 Å². The van der Waals surface area contributed by atoms with E-state index in [0.717, 1.165) is 30.9 Å². The third-order valence-corrected chi connectivity index (χ3v) is 4.65. The molecular formula is C16H24N4O. The molecule has 0 spiro atoms. The van der Waals surface area contributed by atoms with E-state index in [1.54, 1.807) is 19.3 Å². The van der Waals surface area contributed by atoms with Gasteiger partial charge in [-0.2, -0.15) is 0 Å². The fourth-order valence-electron chi connectivity index (χ4n) is 3.57. The maximum absolute atomic E-state index is 11.8. The van der Waals surface area contributed by atoms with Crippen LogP contribution in [-0.2, 0) is 4.79 Å². The van der Waals surface area contributed by atoms with Crippen LogP contribution in [0.3, 0.4) is 0 Å². The Morgan fingerprint density at radius 2 is 1.90 bits per heavy atom. The van der Waals surface area contributed by atoms with Crippen LogP contribution in [0, 0.1) is 0 Å². The van der Waals surface area contributed by atoms with E-state index < -0.39 is 0 Å². The van der Waals surface area contributed by atoms with E-state index in [2.05, 4.69) is 15.3 Å². The first-order valence-electron chi connectivity index (χ1n) is 8.10. The lowest BCUT2D eigenvalue weighted by molar-refractivity contribution is -0.129. The molecule has 1 saturated heterocycles. The number of hydrogen-bond donors (Lipinski definition) is 1. The number of rotatable bonds is 3. The summed E-state index contributed by atoms with van der Waals surface area (Å²) in [6, 6.07) is 0.587. The molecule has 2 aliphatic rings. The third-order valence-electron chi connectivity index (χ3n) is 4.65. The van der Waals surface area contributed by atoms with Gasteiger partial charge in [-0.3, -0.25) is 9.78 Å². The quantitative estimate of drug-likeness (QED) is 0.929. The van der Waals surface area contributed by atoms with Crippen molar-refractivity contribution in [2.75, 3.05) is 11.9 Å². The number of nitrogens with zero attached hydrogens (tertiary/aromatic N) is 3. The Bertz CT molecular complexity index is 499. The maximum atomic E-state index is 11.8. The van der Waals surface area contributed by atoms with Crippen LogP contribution in [0.4, 0.5) is 5.82 Å². The van der Waals surface area contributed by atoms with Gasteiger partial charge in [0, 0.05) is 31.9 Å². The predicted molar refractivity (Wildman–Crippen MR) is 81.9 cm³/mol. The van der Waals surface area contributed by atoms with Crippen LogP contribution < -0.4 is 5.32 Å². The number of hydrogen-bond acceptors (Lipinski definition) is 4. The van der Waals surface area contributed by atoms with Gasteiger partial charge in [-0.25, -0.2) is 4.98 Å². The summed E-state index contributed by atoms with van der Waals surface area (Å²) in [5.74, 6) is 1.01. The van der Waals surface area contributed by atoms with Crippen molar-refractivity contribution in [2.45, 2.75) is 64.0 Å². The van der Waals surface area contributed by atoms with Crippen LogP contribution in [-0.4, -0.2) is 33.4 Å². The van der Waals surface area contributed by atoms with Crippen molar-refractivity contribution in [3.05, 3.63) is 18.1 Å². The molecule has 1 N–H and O–H groups in total. The monoisotopic (exact) mass is 288 g/mol. The molecule has 3 rings (SSSR count). The Balaban J connectivity index is 1.80. The Labute approximate surface area is 126 Å². The third kappa shape index (κ3) is 3.17. The first-order valence-corrected chi connectivity index (χ1v) is 8.10. The first kappa shape index (κ1) is 14.3. The smallest absolute Gasteiger partial charge is 0.220 e. The normalized spacial score (nSPS) is 23.3. The van der Waals surface area contributed by atoms with Crippen LogP contribution >= 0.6 is 0 Å². The average Bonchev–Trinajstić information content (AvgIpc) is 2.98. The Morgan fingerprint density at radius 1 is 1.14 bits per heavy atom. The molecule has 0 aromatic carbocycles. The topological polar surface area (TPSA) is 58.1 Å². The molecule has 1 atom stereocenters. The van der Waals surface area contributed by atoms with Crippen LogP contribution in [0.25, 0.3) is 0 Å². The molecule has 1 aliphatic carbocycles. The van der Waals surface area contributed by atoms with Gasteiger partial charge < -0.3 is 10.2 Å². The van der Waals surface area contributed by atoms with Gasteiger partial charge in [-0.05, 0) is 25.7 Å². The molecule has 1 amide bonds. The Hall–Kier alpha value is -1.65. The number of carbonyl (C=O) groups excluding carboxylic acids is 1. The zero-order valence-corrected chi connectivity index (χ0v) is 12.7. The molecule has 2 fully saturated rings. The van der Waals surface area contributed by atoms with E-state index >= 15 is 0 Å². The number of nitrogens with one attached hydrogen (secondary N) is 1. The fourth-order valence-corrected chi connectivity index (χ4v) is 3.57. The van der Waals surface area contributed by atoms with Crippen molar-refractivity contribution in [3.63, 3.8) is 0 Å². The molecule has 1 aromatic rings. The minimum absolute atomic E-state index is 0.0855. The van der Waals surface area contributed by atoms with Crippen molar-refractivity contribution >= 4 is 11.7 Å². The number of aromatic nitrogens is 2. The largest absolute Gasteiger partial charge is 0.366 e. The van der Waals surface area contributed by atoms with E-state index in [1.165, 1.54) is 32.1 Å². The Kier molecular flexibility index (Phi) is 4.36. The van der Waals surface area contributed by atoms with Gasteiger partial charge in [-0.15, -0.1) is 0 Å². The number of carbonyl (C=O) groups is 1.